The first kappa shape index (κ1) is 19.3. The van der Waals surface area contributed by atoms with Crippen LogP contribution in [-0.2, 0) is 15.2 Å². The van der Waals surface area contributed by atoms with E-state index in [1.165, 1.54) is 12.1 Å². The van der Waals surface area contributed by atoms with Gasteiger partial charge in [0.1, 0.15) is 0 Å². The number of hydrogen-bond donors (Lipinski definition) is 2. The van der Waals surface area contributed by atoms with Gasteiger partial charge in [-0.2, -0.15) is 13.2 Å². The zero-order valence-electron chi connectivity index (χ0n) is 13.5. The molecule has 0 radical (unpaired) electrons. The summed E-state index contributed by atoms with van der Waals surface area (Å²) in [4.78, 5) is 15.3. The first-order valence-corrected chi connectivity index (χ1v) is 8.35. The van der Waals surface area contributed by atoms with Crippen molar-refractivity contribution in [2.24, 2.45) is 5.16 Å². The number of nitrogens with zero attached hydrogens (tertiary/aromatic N) is 1. The van der Waals surface area contributed by atoms with Gasteiger partial charge in [0.2, 0.25) is 6.41 Å². The van der Waals surface area contributed by atoms with Gasteiger partial charge in [0.05, 0.1) is 11.4 Å². The highest BCUT2D eigenvalue weighted by atomic mass is 35.5. The average Bonchev–Trinajstić information content (AvgIpc) is 3.06. The zero-order valence-corrected chi connectivity index (χ0v) is 15.0. The molecule has 0 bridgehead atoms. The van der Waals surface area contributed by atoms with Crippen LogP contribution in [0.1, 0.15) is 17.5 Å². The molecule has 2 N–H and O–H groups in total. The van der Waals surface area contributed by atoms with Gasteiger partial charge in [0.15, 0.2) is 0 Å². The number of hydrogen-bond acceptors (Lipinski definition) is 4. The van der Waals surface area contributed by atoms with Crippen molar-refractivity contribution < 1.29 is 22.8 Å². The maximum absolute atomic E-state index is 14.0. The van der Waals surface area contributed by atoms with Gasteiger partial charge in [-0.15, -0.1) is 0 Å². The number of carbonyl (C=O) groups is 1. The Bertz CT molecular complexity index is 885. The second-order valence-corrected chi connectivity index (χ2v) is 6.63. The van der Waals surface area contributed by atoms with Crippen LogP contribution in [0.15, 0.2) is 47.6 Å². The summed E-state index contributed by atoms with van der Waals surface area (Å²) in [6.07, 6.45) is -4.89. The molecule has 3 rings (SSSR count). The SMILES string of the molecule is O=CNNc1cccc(C2=NOC(c3cc(Cl)cc(Cl)c3)(C(F)(F)F)C2)c1. The molecule has 2 aromatic carbocycles. The van der Waals surface area contributed by atoms with Crippen LogP contribution in [-0.4, -0.2) is 18.3 Å². The maximum Gasteiger partial charge on any atom is 0.435 e. The molecule has 5 nitrogen and oxygen atoms in total. The highest BCUT2D eigenvalue weighted by Crippen LogP contribution is 2.49. The molecule has 1 aliphatic rings. The minimum absolute atomic E-state index is 0.0595. The van der Waals surface area contributed by atoms with Crippen LogP contribution in [0.2, 0.25) is 10.0 Å². The molecular formula is C17H12Cl2F3N3O2. The van der Waals surface area contributed by atoms with Gasteiger partial charge in [0, 0.05) is 27.6 Å². The van der Waals surface area contributed by atoms with Crippen LogP contribution >= 0.6 is 23.2 Å². The lowest BCUT2D eigenvalue weighted by atomic mass is 9.86. The molecule has 2 aromatic rings. The first-order chi connectivity index (χ1) is 12.7. The Morgan fingerprint density at radius 1 is 1.15 bits per heavy atom. The summed E-state index contributed by atoms with van der Waals surface area (Å²) in [6.45, 7) is 0. The lowest BCUT2D eigenvalue weighted by Crippen LogP contribution is -2.42. The van der Waals surface area contributed by atoms with Gasteiger partial charge in [-0.3, -0.25) is 15.6 Å². The quantitative estimate of drug-likeness (QED) is 0.549. The topological polar surface area (TPSA) is 62.7 Å². The van der Waals surface area contributed by atoms with Crippen LogP contribution in [0.5, 0.6) is 0 Å². The third-order valence-electron chi connectivity index (χ3n) is 3.99. The molecule has 1 unspecified atom stereocenters. The van der Waals surface area contributed by atoms with E-state index in [0.29, 0.717) is 17.7 Å². The van der Waals surface area contributed by atoms with E-state index in [-0.39, 0.29) is 21.3 Å². The normalized spacial score (nSPS) is 19.2. The van der Waals surface area contributed by atoms with E-state index in [2.05, 4.69) is 16.0 Å². The fourth-order valence-electron chi connectivity index (χ4n) is 2.73. The monoisotopic (exact) mass is 417 g/mol. The lowest BCUT2D eigenvalue weighted by molar-refractivity contribution is -0.275. The van der Waals surface area contributed by atoms with E-state index in [4.69, 9.17) is 28.0 Å². The average molecular weight is 418 g/mol. The van der Waals surface area contributed by atoms with E-state index in [0.717, 1.165) is 12.1 Å². The van der Waals surface area contributed by atoms with E-state index < -0.39 is 18.2 Å². The number of nitrogens with one attached hydrogen (secondary N) is 2. The summed E-state index contributed by atoms with van der Waals surface area (Å²) < 4.78 is 41.9. The minimum atomic E-state index is -4.76. The van der Waals surface area contributed by atoms with Gasteiger partial charge in [-0.05, 0) is 30.3 Å². The third-order valence-corrected chi connectivity index (χ3v) is 4.42. The maximum atomic E-state index is 14.0. The van der Waals surface area contributed by atoms with E-state index >= 15 is 0 Å². The number of oxime groups is 1. The van der Waals surface area contributed by atoms with Crippen molar-refractivity contribution in [1.82, 2.24) is 5.43 Å². The van der Waals surface area contributed by atoms with Crippen molar-refractivity contribution in [3.63, 3.8) is 0 Å². The molecule has 0 spiro atoms. The summed E-state index contributed by atoms with van der Waals surface area (Å²) in [5.74, 6) is 0. The molecule has 27 heavy (non-hydrogen) atoms. The van der Waals surface area contributed by atoms with Crippen LogP contribution in [0, 0.1) is 0 Å². The van der Waals surface area contributed by atoms with Crippen molar-refractivity contribution in [2.75, 3.05) is 5.43 Å². The molecule has 0 saturated carbocycles. The van der Waals surface area contributed by atoms with Crippen molar-refractivity contribution in [2.45, 2.75) is 18.2 Å². The van der Waals surface area contributed by atoms with Gasteiger partial charge in [-0.1, -0.05) is 40.5 Å². The Morgan fingerprint density at radius 2 is 1.85 bits per heavy atom. The molecule has 0 aromatic heterocycles. The Labute approximate surface area is 162 Å². The zero-order chi connectivity index (χ0) is 19.7. The van der Waals surface area contributed by atoms with Crippen LogP contribution in [0.4, 0.5) is 18.9 Å². The summed E-state index contributed by atoms with van der Waals surface area (Å²) in [7, 11) is 0. The van der Waals surface area contributed by atoms with Crippen molar-refractivity contribution >= 4 is 41.0 Å². The summed E-state index contributed by atoms with van der Waals surface area (Å²) >= 11 is 11.7. The number of amides is 1. The third kappa shape index (κ3) is 3.81. The number of benzene rings is 2. The van der Waals surface area contributed by atoms with E-state index in [1.807, 2.05) is 0 Å². The van der Waals surface area contributed by atoms with Gasteiger partial charge in [-0.25, -0.2) is 0 Å². The second kappa shape index (κ2) is 7.28. The summed E-state index contributed by atoms with van der Waals surface area (Å²) in [6, 6.07) is 10.0. The largest absolute Gasteiger partial charge is 0.435 e. The molecule has 0 fully saturated rings. The fraction of sp³-hybridized carbons (Fsp3) is 0.176. The van der Waals surface area contributed by atoms with E-state index in [1.54, 1.807) is 18.2 Å². The molecule has 0 aliphatic carbocycles. The molecule has 0 saturated heterocycles. The number of alkyl halides is 3. The highest BCUT2D eigenvalue weighted by Gasteiger charge is 2.62. The predicted octanol–water partition coefficient (Wildman–Crippen LogP) is 4.65. The van der Waals surface area contributed by atoms with Crippen molar-refractivity contribution in [1.29, 1.82) is 0 Å². The van der Waals surface area contributed by atoms with Crippen LogP contribution in [0.25, 0.3) is 0 Å². The number of hydrazine groups is 1. The summed E-state index contributed by atoms with van der Waals surface area (Å²) in [5.41, 5.74) is 2.88. The lowest BCUT2D eigenvalue weighted by Gasteiger charge is -2.29. The predicted molar refractivity (Wildman–Crippen MR) is 95.7 cm³/mol. The number of anilines is 1. The number of halogens is 5. The molecule has 1 heterocycles. The molecule has 142 valence electrons. The van der Waals surface area contributed by atoms with Crippen molar-refractivity contribution in [3.8, 4) is 0 Å². The molecule has 1 amide bonds. The standard InChI is InChI=1S/C17H12Cl2F3N3O2/c18-12-5-11(6-13(19)7-12)16(17(20,21)22)8-15(25-27-16)10-2-1-3-14(4-10)24-23-9-26/h1-7,9,24H,8H2,(H,23,26). The van der Waals surface area contributed by atoms with Crippen LogP contribution in [0.3, 0.4) is 0 Å². The highest BCUT2D eigenvalue weighted by molar-refractivity contribution is 6.34. The Hall–Kier alpha value is -2.45. The first-order valence-electron chi connectivity index (χ1n) is 7.59. The molecule has 1 aliphatic heterocycles. The molecule has 10 heteroatoms. The van der Waals surface area contributed by atoms with E-state index in [9.17, 15) is 18.0 Å². The fourth-order valence-corrected chi connectivity index (χ4v) is 3.26. The van der Waals surface area contributed by atoms with Gasteiger partial charge in [0.25, 0.3) is 5.60 Å². The van der Waals surface area contributed by atoms with Gasteiger partial charge >= 0.3 is 6.18 Å². The molecular weight excluding hydrogens is 406 g/mol. The van der Waals surface area contributed by atoms with Crippen LogP contribution < -0.4 is 10.9 Å². The van der Waals surface area contributed by atoms with Crippen molar-refractivity contribution in [3.05, 3.63) is 63.6 Å². The Balaban J connectivity index is 1.96. The smallest absolute Gasteiger partial charge is 0.374 e. The number of rotatable bonds is 5. The minimum Gasteiger partial charge on any atom is -0.374 e. The Morgan fingerprint density at radius 3 is 2.48 bits per heavy atom. The Kier molecular flexibility index (Phi) is 5.21. The molecule has 1 atom stereocenters. The second-order valence-electron chi connectivity index (χ2n) is 5.76. The number of carbonyl (C=O) groups excluding carboxylic acids is 1. The summed E-state index contributed by atoms with van der Waals surface area (Å²) in [5, 5.41) is 3.79. The van der Waals surface area contributed by atoms with Gasteiger partial charge < -0.3 is 4.84 Å².